The van der Waals surface area contributed by atoms with E-state index in [4.69, 9.17) is 19.6 Å². The van der Waals surface area contributed by atoms with Crippen LogP contribution in [-0.4, -0.2) is 65.3 Å². The monoisotopic (exact) mass is 479 g/mol. The topological polar surface area (TPSA) is 65.9 Å². The van der Waals surface area contributed by atoms with Crippen LogP contribution in [0.3, 0.4) is 0 Å². The molecule has 186 valence electrons. The Bertz CT molecular complexity index is 952. The van der Waals surface area contributed by atoms with E-state index >= 15 is 0 Å². The van der Waals surface area contributed by atoms with Gasteiger partial charge in [-0.25, -0.2) is 4.79 Å². The fourth-order valence-corrected chi connectivity index (χ4v) is 4.85. The number of carboxylic acids is 1. The number of alkyl halides is 3. The first-order valence-electron chi connectivity index (χ1n) is 11.4. The lowest BCUT2D eigenvalue weighted by molar-refractivity contribution is -0.192. The molecule has 9 heteroatoms. The van der Waals surface area contributed by atoms with Crippen molar-refractivity contribution in [3.8, 4) is 5.75 Å². The quantitative estimate of drug-likeness (QED) is 0.680. The zero-order chi connectivity index (χ0) is 24.8. The lowest BCUT2D eigenvalue weighted by Crippen LogP contribution is -2.44. The third-order valence-corrected chi connectivity index (χ3v) is 6.40. The van der Waals surface area contributed by atoms with Crippen LogP contribution in [0.4, 0.5) is 13.2 Å². The second kappa shape index (κ2) is 11.2. The fraction of sp³-hybridized carbons (Fsp3) is 0.520. The number of rotatable bonds is 5. The molecule has 0 aliphatic carbocycles. The standard InChI is InChI=1S/C23H31N3O.C2HF3O2/c1-19-5-3-6-21(24-19)16-25-13-4-11-23(17-25)12-14-26(18-23)15-20-7-9-22(27-2)10-8-20;3-2(4,5)1(6)7/h3,5-10H,4,11-18H2,1-2H3;(H,6,7). The Morgan fingerprint density at radius 1 is 1.06 bits per heavy atom. The average Bonchev–Trinajstić information content (AvgIpc) is 3.15. The third kappa shape index (κ3) is 7.43. The second-order valence-electron chi connectivity index (χ2n) is 9.20. The van der Waals surface area contributed by atoms with Gasteiger partial charge in [-0.2, -0.15) is 13.2 Å². The van der Waals surface area contributed by atoms with Gasteiger partial charge in [0.15, 0.2) is 0 Å². The maximum atomic E-state index is 10.6. The smallest absolute Gasteiger partial charge is 0.490 e. The zero-order valence-corrected chi connectivity index (χ0v) is 19.6. The summed E-state index contributed by atoms with van der Waals surface area (Å²) >= 11 is 0. The Hall–Kier alpha value is -2.65. The second-order valence-corrected chi connectivity index (χ2v) is 9.20. The highest BCUT2D eigenvalue weighted by molar-refractivity contribution is 5.73. The molecule has 2 saturated heterocycles. The van der Waals surface area contributed by atoms with Gasteiger partial charge in [0.2, 0.25) is 0 Å². The van der Waals surface area contributed by atoms with Crippen molar-refractivity contribution in [3.63, 3.8) is 0 Å². The maximum absolute atomic E-state index is 10.6. The summed E-state index contributed by atoms with van der Waals surface area (Å²) in [6.45, 7) is 8.96. The molecule has 2 aliphatic heterocycles. The van der Waals surface area contributed by atoms with Crippen LogP contribution in [0.15, 0.2) is 42.5 Å². The number of carboxylic acid groups (broad SMARTS) is 1. The van der Waals surface area contributed by atoms with Crippen molar-refractivity contribution in [1.29, 1.82) is 0 Å². The molecule has 2 aromatic rings. The van der Waals surface area contributed by atoms with Crippen LogP contribution in [-0.2, 0) is 17.9 Å². The van der Waals surface area contributed by atoms with Crippen LogP contribution in [0.1, 0.15) is 36.2 Å². The number of piperidine rings is 1. The molecule has 0 bridgehead atoms. The number of pyridine rings is 1. The van der Waals surface area contributed by atoms with Crippen molar-refractivity contribution >= 4 is 5.97 Å². The van der Waals surface area contributed by atoms with E-state index in [0.29, 0.717) is 5.41 Å². The molecule has 6 nitrogen and oxygen atoms in total. The number of likely N-dealkylation sites (tertiary alicyclic amines) is 2. The van der Waals surface area contributed by atoms with Crippen LogP contribution in [0.2, 0.25) is 0 Å². The number of aryl methyl sites for hydroxylation is 1. The van der Waals surface area contributed by atoms with Crippen molar-refractivity contribution in [2.75, 3.05) is 33.3 Å². The van der Waals surface area contributed by atoms with Crippen LogP contribution >= 0.6 is 0 Å². The molecule has 0 saturated carbocycles. The van der Waals surface area contributed by atoms with Crippen molar-refractivity contribution in [2.45, 2.75) is 45.5 Å². The summed E-state index contributed by atoms with van der Waals surface area (Å²) in [7, 11) is 1.72. The normalized spacial score (nSPS) is 21.2. The summed E-state index contributed by atoms with van der Waals surface area (Å²) in [6, 6.07) is 14.9. The first-order chi connectivity index (χ1) is 16.1. The highest BCUT2D eigenvalue weighted by atomic mass is 19.4. The summed E-state index contributed by atoms with van der Waals surface area (Å²) in [5.41, 5.74) is 4.17. The summed E-state index contributed by atoms with van der Waals surface area (Å²) in [5, 5.41) is 7.12. The average molecular weight is 480 g/mol. The number of benzene rings is 1. The lowest BCUT2D eigenvalue weighted by Gasteiger charge is -2.40. The van der Waals surface area contributed by atoms with Crippen LogP contribution in [0.25, 0.3) is 0 Å². The van der Waals surface area contributed by atoms with Gasteiger partial charge in [0.25, 0.3) is 0 Å². The van der Waals surface area contributed by atoms with E-state index < -0.39 is 12.1 Å². The predicted octanol–water partition coefficient (Wildman–Crippen LogP) is 4.52. The van der Waals surface area contributed by atoms with E-state index in [2.05, 4.69) is 59.2 Å². The van der Waals surface area contributed by atoms with Crippen LogP contribution in [0, 0.1) is 12.3 Å². The highest BCUT2D eigenvalue weighted by Gasteiger charge is 2.41. The van der Waals surface area contributed by atoms with Gasteiger partial charge in [0, 0.05) is 31.9 Å². The number of hydrogen-bond donors (Lipinski definition) is 1. The Labute approximate surface area is 198 Å². The van der Waals surface area contributed by atoms with Gasteiger partial charge in [-0.05, 0) is 74.5 Å². The van der Waals surface area contributed by atoms with E-state index in [1.54, 1.807) is 7.11 Å². The largest absolute Gasteiger partial charge is 0.497 e. The van der Waals surface area contributed by atoms with E-state index in [-0.39, 0.29) is 0 Å². The first kappa shape index (κ1) is 26.0. The summed E-state index contributed by atoms with van der Waals surface area (Å²) in [5.74, 6) is -1.82. The molecule has 1 atom stereocenters. The number of carbonyl (C=O) groups is 1. The Morgan fingerprint density at radius 2 is 1.71 bits per heavy atom. The molecule has 1 spiro atoms. The molecule has 3 heterocycles. The summed E-state index contributed by atoms with van der Waals surface area (Å²) < 4.78 is 37.0. The molecule has 1 aromatic heterocycles. The number of methoxy groups -OCH3 is 1. The maximum Gasteiger partial charge on any atom is 0.490 e. The molecular formula is C25H32F3N3O3. The minimum Gasteiger partial charge on any atom is -0.497 e. The summed E-state index contributed by atoms with van der Waals surface area (Å²) in [4.78, 5) is 18.9. The van der Waals surface area contributed by atoms with Crippen LogP contribution < -0.4 is 4.74 Å². The predicted molar refractivity (Wildman–Crippen MR) is 122 cm³/mol. The third-order valence-electron chi connectivity index (χ3n) is 6.40. The van der Waals surface area contributed by atoms with Crippen molar-refractivity contribution in [2.24, 2.45) is 5.41 Å². The lowest BCUT2D eigenvalue weighted by atomic mass is 9.79. The molecule has 1 unspecified atom stereocenters. The fourth-order valence-electron chi connectivity index (χ4n) is 4.85. The Balaban J connectivity index is 0.000000406. The number of hydrogen-bond acceptors (Lipinski definition) is 5. The van der Waals surface area contributed by atoms with Crippen molar-refractivity contribution < 1.29 is 27.8 Å². The van der Waals surface area contributed by atoms with Gasteiger partial charge in [0.05, 0.1) is 12.8 Å². The van der Waals surface area contributed by atoms with E-state index in [0.717, 1.165) is 24.5 Å². The minimum atomic E-state index is -5.08. The van der Waals surface area contributed by atoms with E-state index in [1.807, 2.05) is 0 Å². The van der Waals surface area contributed by atoms with E-state index in [9.17, 15) is 13.2 Å². The molecule has 1 aromatic carbocycles. The molecule has 2 fully saturated rings. The van der Waals surface area contributed by atoms with Gasteiger partial charge >= 0.3 is 12.1 Å². The Morgan fingerprint density at radius 3 is 2.29 bits per heavy atom. The highest BCUT2D eigenvalue weighted by Crippen LogP contribution is 2.39. The zero-order valence-electron chi connectivity index (χ0n) is 19.6. The number of halogens is 3. The van der Waals surface area contributed by atoms with Gasteiger partial charge in [-0.15, -0.1) is 0 Å². The van der Waals surface area contributed by atoms with E-state index in [1.165, 1.54) is 56.7 Å². The van der Waals surface area contributed by atoms with Crippen molar-refractivity contribution in [3.05, 3.63) is 59.4 Å². The molecule has 0 amide bonds. The molecule has 1 N–H and O–H groups in total. The van der Waals surface area contributed by atoms with Gasteiger partial charge in [-0.3, -0.25) is 14.8 Å². The number of ether oxygens (including phenoxy) is 1. The summed E-state index contributed by atoms with van der Waals surface area (Å²) in [6.07, 6.45) is -1.09. The van der Waals surface area contributed by atoms with Crippen LogP contribution in [0.5, 0.6) is 5.75 Å². The molecule has 2 aliphatic rings. The molecular weight excluding hydrogens is 447 g/mol. The number of aromatic nitrogens is 1. The first-order valence-corrected chi connectivity index (χ1v) is 11.4. The molecule has 34 heavy (non-hydrogen) atoms. The number of nitrogens with zero attached hydrogens (tertiary/aromatic N) is 3. The minimum absolute atomic E-state index is 0.467. The van der Waals surface area contributed by atoms with Gasteiger partial charge in [0.1, 0.15) is 5.75 Å². The van der Waals surface area contributed by atoms with Crippen molar-refractivity contribution in [1.82, 2.24) is 14.8 Å². The van der Waals surface area contributed by atoms with Gasteiger partial charge in [-0.1, -0.05) is 18.2 Å². The molecule has 0 radical (unpaired) electrons. The SMILES string of the molecule is COc1ccc(CN2CCC3(CCCN(Cc4cccc(C)n4)C3)C2)cc1.O=C(O)C(F)(F)F. The number of aliphatic carboxylic acids is 1. The van der Waals surface area contributed by atoms with Gasteiger partial charge < -0.3 is 9.84 Å². The Kier molecular flexibility index (Phi) is 8.54. The molecule has 4 rings (SSSR count).